The molecule has 2 aromatic carbocycles. The maximum atomic E-state index is 11.9. The van der Waals surface area contributed by atoms with Crippen molar-refractivity contribution in [1.29, 1.82) is 0 Å². The van der Waals surface area contributed by atoms with Gasteiger partial charge in [0.1, 0.15) is 12.4 Å². The summed E-state index contributed by atoms with van der Waals surface area (Å²) in [5.74, 6) is 0.491. The molecule has 3 rings (SSSR count). The highest BCUT2D eigenvalue weighted by Gasteiger charge is 2.20. The van der Waals surface area contributed by atoms with Crippen molar-refractivity contribution in [1.82, 2.24) is 5.32 Å². The lowest BCUT2D eigenvalue weighted by Gasteiger charge is -2.10. The summed E-state index contributed by atoms with van der Waals surface area (Å²) in [6, 6.07) is 9.32. The van der Waals surface area contributed by atoms with E-state index < -0.39 is 0 Å². The molecule has 86 valence electrons. The molecule has 1 aliphatic rings. The third kappa shape index (κ3) is 1.63. The number of fused-ring (bicyclic) bond motifs is 3. The van der Waals surface area contributed by atoms with Gasteiger partial charge in [0, 0.05) is 15.8 Å². The second-order valence-corrected chi connectivity index (χ2v) is 4.29. The van der Waals surface area contributed by atoms with E-state index in [2.05, 4.69) is 5.32 Å². The molecule has 4 heteroatoms. The lowest BCUT2D eigenvalue weighted by Crippen LogP contribution is -2.24. The molecule has 0 spiro atoms. The SMILES string of the molecule is O=C1NCCOc2c1cc(Cl)c1ccccc21. The number of nitrogens with one attached hydrogen (secondary N) is 1. The Labute approximate surface area is 103 Å². The Morgan fingerprint density at radius 1 is 1.24 bits per heavy atom. The first-order valence-corrected chi connectivity index (χ1v) is 5.77. The van der Waals surface area contributed by atoms with E-state index in [1.807, 2.05) is 24.3 Å². The lowest BCUT2D eigenvalue weighted by atomic mass is 10.0. The van der Waals surface area contributed by atoms with Gasteiger partial charge in [-0.3, -0.25) is 4.79 Å². The van der Waals surface area contributed by atoms with E-state index >= 15 is 0 Å². The van der Waals surface area contributed by atoms with Crippen LogP contribution in [0.15, 0.2) is 30.3 Å². The quantitative estimate of drug-likeness (QED) is 0.777. The molecule has 17 heavy (non-hydrogen) atoms. The summed E-state index contributed by atoms with van der Waals surface area (Å²) in [5.41, 5.74) is 0.506. The highest BCUT2D eigenvalue weighted by Crippen LogP contribution is 2.35. The summed E-state index contributed by atoms with van der Waals surface area (Å²) >= 11 is 6.18. The van der Waals surface area contributed by atoms with E-state index in [1.54, 1.807) is 6.07 Å². The lowest BCUT2D eigenvalue weighted by molar-refractivity contribution is 0.0957. The molecule has 0 saturated carbocycles. The molecule has 1 N–H and O–H groups in total. The minimum atomic E-state index is -0.134. The van der Waals surface area contributed by atoms with E-state index in [-0.39, 0.29) is 5.91 Å². The normalized spacial score (nSPS) is 14.8. The predicted molar refractivity (Wildman–Crippen MR) is 66.8 cm³/mol. The summed E-state index contributed by atoms with van der Waals surface area (Å²) in [4.78, 5) is 11.9. The standard InChI is InChI=1S/C13H10ClNO2/c14-11-7-10-12(17-6-5-15-13(10)16)9-4-2-1-3-8(9)11/h1-4,7H,5-6H2,(H,15,16). The van der Waals surface area contributed by atoms with E-state index in [4.69, 9.17) is 16.3 Å². The van der Waals surface area contributed by atoms with Gasteiger partial charge < -0.3 is 10.1 Å². The molecule has 0 bridgehead atoms. The van der Waals surface area contributed by atoms with Crippen LogP contribution in [0.3, 0.4) is 0 Å². The van der Waals surface area contributed by atoms with Crippen LogP contribution in [0.5, 0.6) is 5.75 Å². The first-order chi connectivity index (χ1) is 8.27. The van der Waals surface area contributed by atoms with Gasteiger partial charge >= 0.3 is 0 Å². The number of rotatable bonds is 0. The van der Waals surface area contributed by atoms with E-state index in [9.17, 15) is 4.79 Å². The highest BCUT2D eigenvalue weighted by molar-refractivity contribution is 6.36. The molecule has 0 atom stereocenters. The zero-order valence-electron chi connectivity index (χ0n) is 9.00. The number of carbonyl (C=O) groups is 1. The Morgan fingerprint density at radius 3 is 2.82 bits per heavy atom. The smallest absolute Gasteiger partial charge is 0.255 e. The monoisotopic (exact) mass is 247 g/mol. The van der Waals surface area contributed by atoms with Gasteiger partial charge in [-0.25, -0.2) is 0 Å². The van der Waals surface area contributed by atoms with E-state index in [1.165, 1.54) is 0 Å². The summed E-state index contributed by atoms with van der Waals surface area (Å²) in [6.07, 6.45) is 0. The topological polar surface area (TPSA) is 38.3 Å². The summed E-state index contributed by atoms with van der Waals surface area (Å²) in [5, 5.41) is 5.13. The minimum Gasteiger partial charge on any atom is -0.490 e. The maximum absolute atomic E-state index is 11.9. The number of carbonyl (C=O) groups excluding carboxylic acids is 1. The molecule has 0 aromatic heterocycles. The Hall–Kier alpha value is -1.74. The maximum Gasteiger partial charge on any atom is 0.255 e. The highest BCUT2D eigenvalue weighted by atomic mass is 35.5. The molecule has 0 unspecified atom stereocenters. The van der Waals surface area contributed by atoms with Gasteiger partial charge in [-0.2, -0.15) is 0 Å². The van der Waals surface area contributed by atoms with Gasteiger partial charge in [0.15, 0.2) is 0 Å². The Morgan fingerprint density at radius 2 is 2.00 bits per heavy atom. The van der Waals surface area contributed by atoms with Crippen molar-refractivity contribution in [2.45, 2.75) is 0 Å². The Bertz CT molecular complexity index is 610. The Kier molecular flexibility index (Phi) is 2.41. The van der Waals surface area contributed by atoms with Crippen molar-refractivity contribution < 1.29 is 9.53 Å². The molecule has 2 aromatic rings. The van der Waals surface area contributed by atoms with Crippen LogP contribution in [0.25, 0.3) is 10.8 Å². The average molecular weight is 248 g/mol. The minimum absolute atomic E-state index is 0.134. The van der Waals surface area contributed by atoms with Gasteiger partial charge in [-0.05, 0) is 6.07 Å². The summed E-state index contributed by atoms with van der Waals surface area (Å²) < 4.78 is 5.65. The van der Waals surface area contributed by atoms with Gasteiger partial charge in [-0.15, -0.1) is 0 Å². The van der Waals surface area contributed by atoms with Gasteiger partial charge in [-0.1, -0.05) is 35.9 Å². The molecule has 0 saturated heterocycles. The first kappa shape index (κ1) is 10.4. The van der Waals surface area contributed by atoms with Crippen LogP contribution in [-0.2, 0) is 0 Å². The third-order valence-corrected chi connectivity index (χ3v) is 3.14. The largest absolute Gasteiger partial charge is 0.490 e. The van der Waals surface area contributed by atoms with Crippen LogP contribution in [0.4, 0.5) is 0 Å². The number of hydrogen-bond acceptors (Lipinski definition) is 2. The molecule has 0 fully saturated rings. The van der Waals surface area contributed by atoms with Crippen molar-refractivity contribution >= 4 is 28.3 Å². The van der Waals surface area contributed by atoms with Crippen molar-refractivity contribution in [3.05, 3.63) is 40.9 Å². The van der Waals surface area contributed by atoms with Crippen molar-refractivity contribution in [3.8, 4) is 5.75 Å². The summed E-state index contributed by atoms with van der Waals surface area (Å²) in [6.45, 7) is 0.990. The van der Waals surface area contributed by atoms with Crippen LogP contribution >= 0.6 is 11.6 Å². The zero-order valence-corrected chi connectivity index (χ0v) is 9.75. The molecule has 3 nitrogen and oxygen atoms in total. The number of amides is 1. The van der Waals surface area contributed by atoms with Crippen molar-refractivity contribution in [3.63, 3.8) is 0 Å². The van der Waals surface area contributed by atoms with Gasteiger partial charge in [0.25, 0.3) is 5.91 Å². The van der Waals surface area contributed by atoms with Crippen molar-refractivity contribution in [2.75, 3.05) is 13.2 Å². The fourth-order valence-corrected chi connectivity index (χ4v) is 2.32. The molecule has 1 aliphatic heterocycles. The van der Waals surface area contributed by atoms with Gasteiger partial charge in [0.2, 0.25) is 0 Å². The third-order valence-electron chi connectivity index (χ3n) is 2.82. The van der Waals surface area contributed by atoms with E-state index in [0.717, 1.165) is 10.8 Å². The van der Waals surface area contributed by atoms with Crippen LogP contribution in [-0.4, -0.2) is 19.1 Å². The molecule has 1 heterocycles. The average Bonchev–Trinajstić information content (AvgIpc) is 2.53. The number of halogens is 1. The fourth-order valence-electron chi connectivity index (χ4n) is 2.04. The molecular formula is C13H10ClNO2. The molecule has 1 amide bonds. The van der Waals surface area contributed by atoms with Crippen molar-refractivity contribution in [2.24, 2.45) is 0 Å². The molecule has 0 aliphatic carbocycles. The van der Waals surface area contributed by atoms with Crippen LogP contribution < -0.4 is 10.1 Å². The van der Waals surface area contributed by atoms with Crippen LogP contribution in [0.1, 0.15) is 10.4 Å². The molecule has 0 radical (unpaired) electrons. The summed E-state index contributed by atoms with van der Waals surface area (Å²) in [7, 11) is 0. The predicted octanol–water partition coefficient (Wildman–Crippen LogP) is 2.62. The molecular weight excluding hydrogens is 238 g/mol. The number of hydrogen-bond donors (Lipinski definition) is 1. The van der Waals surface area contributed by atoms with E-state index in [0.29, 0.717) is 29.5 Å². The van der Waals surface area contributed by atoms with Gasteiger partial charge in [0.05, 0.1) is 12.1 Å². The second-order valence-electron chi connectivity index (χ2n) is 3.89. The van der Waals surface area contributed by atoms with Crippen LogP contribution in [0, 0.1) is 0 Å². The fraction of sp³-hybridized carbons (Fsp3) is 0.154. The number of ether oxygens (including phenoxy) is 1. The first-order valence-electron chi connectivity index (χ1n) is 5.39. The Balaban J connectivity index is 2.38. The second kappa shape index (κ2) is 3.93. The zero-order chi connectivity index (χ0) is 11.8. The van der Waals surface area contributed by atoms with Crippen LogP contribution in [0.2, 0.25) is 5.02 Å². The number of benzene rings is 2.